The van der Waals surface area contributed by atoms with Crippen molar-refractivity contribution in [3.63, 3.8) is 0 Å². The molecule has 0 radical (unpaired) electrons. The summed E-state index contributed by atoms with van der Waals surface area (Å²) < 4.78 is 5.81. The van der Waals surface area contributed by atoms with Crippen molar-refractivity contribution in [2.75, 3.05) is 6.54 Å². The standard InChI is InChI=1S/C27H43N3O5S/c1-16-7-6-8-19(13-28)9-10-21(17(2)11-20-15-36-23(14-29)30-20)35-24(32)12-22(31)27(4,5)26(34)18(3)25(16)33/h9,11,15-16,18,21-22,25,31,33H,6-8,10,12-14,28-29H2,1-5H3/b17-11+,19-9+/t16-,18+,21-,22-,25-/m0/s1. The molecular weight excluding hydrogens is 478 g/mol. The van der Waals surface area contributed by atoms with Crippen molar-refractivity contribution in [2.45, 2.75) is 91.6 Å². The van der Waals surface area contributed by atoms with Crippen molar-refractivity contribution in [1.82, 2.24) is 4.98 Å². The predicted octanol–water partition coefficient (Wildman–Crippen LogP) is 3.36. The van der Waals surface area contributed by atoms with E-state index in [0.717, 1.165) is 41.1 Å². The molecule has 0 spiro atoms. The molecule has 5 atom stereocenters. The molecule has 0 bridgehead atoms. The van der Waals surface area contributed by atoms with E-state index in [2.05, 4.69) is 4.98 Å². The lowest BCUT2D eigenvalue weighted by Crippen LogP contribution is -2.45. The summed E-state index contributed by atoms with van der Waals surface area (Å²) in [4.78, 5) is 30.6. The van der Waals surface area contributed by atoms with Crippen molar-refractivity contribution < 1.29 is 24.5 Å². The van der Waals surface area contributed by atoms with E-state index < -0.39 is 35.6 Å². The fourth-order valence-electron chi connectivity index (χ4n) is 4.54. The van der Waals surface area contributed by atoms with Crippen LogP contribution < -0.4 is 11.5 Å². The maximum atomic E-state index is 13.2. The number of esters is 1. The van der Waals surface area contributed by atoms with Crippen LogP contribution in [0.15, 0.2) is 22.6 Å². The molecule has 36 heavy (non-hydrogen) atoms. The van der Waals surface area contributed by atoms with E-state index in [4.69, 9.17) is 16.2 Å². The molecule has 0 saturated heterocycles. The molecule has 202 valence electrons. The van der Waals surface area contributed by atoms with Crippen LogP contribution in [0.2, 0.25) is 0 Å². The third kappa shape index (κ3) is 8.05. The molecule has 1 aromatic rings. The third-order valence-electron chi connectivity index (χ3n) is 7.28. The number of ether oxygens (including phenoxy) is 1. The molecule has 2 rings (SSSR count). The molecule has 0 saturated carbocycles. The van der Waals surface area contributed by atoms with Gasteiger partial charge in [-0.2, -0.15) is 0 Å². The molecule has 0 unspecified atom stereocenters. The van der Waals surface area contributed by atoms with Gasteiger partial charge in [-0.05, 0) is 43.8 Å². The Kier molecular flexibility index (Phi) is 11.4. The molecule has 6 N–H and O–H groups in total. The Balaban J connectivity index is 2.37. The van der Waals surface area contributed by atoms with Crippen LogP contribution in [0, 0.1) is 17.3 Å². The second-order valence-corrected chi connectivity index (χ2v) is 11.4. The Morgan fingerprint density at radius 1 is 1.25 bits per heavy atom. The number of Topliss-reactive ketones (excluding diaryl/α,β-unsaturated/α-hetero) is 1. The fraction of sp³-hybridized carbons (Fsp3) is 0.667. The monoisotopic (exact) mass is 521 g/mol. The SMILES string of the molecule is C/C(=C\c1csc(CN)n1)[C@@H]1C/C=C(/CN)CCC[C@H](C)[C@H](O)[C@@H](C)C(=O)C(C)(C)[C@@H](O)CC(=O)O1. The highest BCUT2D eigenvalue weighted by Crippen LogP contribution is 2.32. The topological polar surface area (TPSA) is 149 Å². The number of ketones is 1. The van der Waals surface area contributed by atoms with E-state index in [1.807, 2.05) is 31.4 Å². The molecule has 2 heterocycles. The molecule has 0 aromatic carbocycles. The highest BCUT2D eigenvalue weighted by molar-refractivity contribution is 7.09. The lowest BCUT2D eigenvalue weighted by molar-refractivity contribution is -0.154. The molecule has 1 aliphatic heterocycles. The number of carbonyl (C=O) groups is 2. The molecular formula is C27H43N3O5S. The second-order valence-electron chi connectivity index (χ2n) is 10.5. The largest absolute Gasteiger partial charge is 0.457 e. The Morgan fingerprint density at radius 3 is 2.56 bits per heavy atom. The number of aromatic nitrogens is 1. The lowest BCUT2D eigenvalue weighted by atomic mass is 9.73. The first kappa shape index (κ1) is 30.3. The molecule has 0 fully saturated rings. The first-order valence-electron chi connectivity index (χ1n) is 12.7. The van der Waals surface area contributed by atoms with Gasteiger partial charge in [0.2, 0.25) is 0 Å². The number of hydrogen-bond donors (Lipinski definition) is 4. The van der Waals surface area contributed by atoms with E-state index >= 15 is 0 Å². The van der Waals surface area contributed by atoms with Crippen molar-refractivity contribution in [3.05, 3.63) is 33.3 Å². The minimum absolute atomic E-state index is 0.0942. The van der Waals surface area contributed by atoms with Gasteiger partial charge >= 0.3 is 5.97 Å². The number of aliphatic hydroxyl groups is 2. The number of thiazole rings is 1. The van der Waals surface area contributed by atoms with Crippen LogP contribution in [-0.2, 0) is 20.9 Å². The maximum absolute atomic E-state index is 13.2. The Bertz CT molecular complexity index is 955. The number of hydrogen-bond acceptors (Lipinski definition) is 9. The van der Waals surface area contributed by atoms with Crippen LogP contribution in [0.3, 0.4) is 0 Å². The molecule has 0 amide bonds. The third-order valence-corrected chi connectivity index (χ3v) is 8.17. The fourth-order valence-corrected chi connectivity index (χ4v) is 5.17. The van der Waals surface area contributed by atoms with Gasteiger partial charge in [0.15, 0.2) is 0 Å². The van der Waals surface area contributed by atoms with Gasteiger partial charge < -0.3 is 26.4 Å². The van der Waals surface area contributed by atoms with E-state index in [1.54, 1.807) is 20.8 Å². The number of aliphatic hydroxyl groups excluding tert-OH is 2. The summed E-state index contributed by atoms with van der Waals surface area (Å²) in [5.41, 5.74) is 13.0. The Hall–Kier alpha value is -1.91. The summed E-state index contributed by atoms with van der Waals surface area (Å²) in [6.07, 6.45) is 3.65. The summed E-state index contributed by atoms with van der Waals surface area (Å²) in [6.45, 7) is 9.46. The minimum Gasteiger partial charge on any atom is -0.457 e. The zero-order valence-electron chi connectivity index (χ0n) is 22.2. The van der Waals surface area contributed by atoms with Crippen molar-refractivity contribution in [1.29, 1.82) is 0 Å². The van der Waals surface area contributed by atoms with Crippen molar-refractivity contribution in [2.24, 2.45) is 28.7 Å². The number of carbonyl (C=O) groups excluding carboxylic acids is 2. The van der Waals surface area contributed by atoms with Crippen LogP contribution >= 0.6 is 11.3 Å². The smallest absolute Gasteiger partial charge is 0.309 e. The van der Waals surface area contributed by atoms with Crippen LogP contribution in [0.4, 0.5) is 0 Å². The number of nitrogens with zero attached hydrogens (tertiary/aromatic N) is 1. The van der Waals surface area contributed by atoms with Gasteiger partial charge in [0, 0.05) is 30.8 Å². The zero-order valence-corrected chi connectivity index (χ0v) is 23.0. The summed E-state index contributed by atoms with van der Waals surface area (Å²) in [6, 6.07) is 0. The van der Waals surface area contributed by atoms with Gasteiger partial charge in [0.05, 0.1) is 29.7 Å². The first-order valence-corrected chi connectivity index (χ1v) is 13.6. The second kappa shape index (κ2) is 13.6. The van der Waals surface area contributed by atoms with Crippen LogP contribution in [0.25, 0.3) is 6.08 Å². The number of nitrogens with two attached hydrogens (primary N) is 2. The molecule has 1 aromatic heterocycles. The Morgan fingerprint density at radius 2 is 1.94 bits per heavy atom. The van der Waals surface area contributed by atoms with Gasteiger partial charge in [0.1, 0.15) is 16.9 Å². The molecule has 9 heteroatoms. The summed E-state index contributed by atoms with van der Waals surface area (Å²) in [5.74, 6) is -1.64. The van der Waals surface area contributed by atoms with Crippen LogP contribution in [-0.4, -0.2) is 51.8 Å². The summed E-state index contributed by atoms with van der Waals surface area (Å²) in [5, 5.41) is 24.4. The molecule has 8 nitrogen and oxygen atoms in total. The summed E-state index contributed by atoms with van der Waals surface area (Å²) >= 11 is 1.47. The average Bonchev–Trinajstić information content (AvgIpc) is 3.30. The summed E-state index contributed by atoms with van der Waals surface area (Å²) in [7, 11) is 0. The quantitative estimate of drug-likeness (QED) is 0.348. The lowest BCUT2D eigenvalue weighted by Gasteiger charge is -2.34. The van der Waals surface area contributed by atoms with Gasteiger partial charge in [-0.3, -0.25) is 9.59 Å². The molecule has 0 aliphatic carbocycles. The van der Waals surface area contributed by atoms with Gasteiger partial charge in [-0.25, -0.2) is 4.98 Å². The van der Waals surface area contributed by atoms with Gasteiger partial charge in [-0.1, -0.05) is 39.3 Å². The number of rotatable bonds is 4. The van der Waals surface area contributed by atoms with E-state index in [1.165, 1.54) is 11.3 Å². The van der Waals surface area contributed by atoms with Gasteiger partial charge in [-0.15, -0.1) is 11.3 Å². The average molecular weight is 522 g/mol. The minimum atomic E-state index is -1.25. The molecule has 1 aliphatic rings. The van der Waals surface area contributed by atoms with Crippen molar-refractivity contribution >= 4 is 29.2 Å². The van der Waals surface area contributed by atoms with E-state index in [-0.39, 0.29) is 18.1 Å². The van der Waals surface area contributed by atoms with Gasteiger partial charge in [0.25, 0.3) is 0 Å². The first-order chi connectivity index (χ1) is 16.9. The highest BCUT2D eigenvalue weighted by atomic mass is 32.1. The zero-order chi connectivity index (χ0) is 27.0. The van der Waals surface area contributed by atoms with E-state index in [9.17, 15) is 19.8 Å². The van der Waals surface area contributed by atoms with Crippen molar-refractivity contribution in [3.8, 4) is 0 Å². The van der Waals surface area contributed by atoms with Crippen LogP contribution in [0.5, 0.6) is 0 Å². The predicted molar refractivity (Wildman–Crippen MR) is 143 cm³/mol. The maximum Gasteiger partial charge on any atom is 0.309 e. The Labute approximate surface area is 218 Å². The normalized spacial score (nSPS) is 31.0. The van der Waals surface area contributed by atoms with Crippen LogP contribution in [0.1, 0.15) is 77.4 Å². The number of cyclic esters (lactones) is 1. The van der Waals surface area contributed by atoms with E-state index in [0.29, 0.717) is 19.5 Å². The highest BCUT2D eigenvalue weighted by Gasteiger charge is 2.42.